The SMILES string of the molecule is COc1c(C)cccc1C(=O)Nc1nc(S(C)(=O)=O)cs1. The molecule has 0 radical (unpaired) electrons. The number of hydrogen-bond donors (Lipinski definition) is 1. The van der Waals surface area contributed by atoms with Crippen molar-refractivity contribution < 1.29 is 17.9 Å². The Morgan fingerprint density at radius 2 is 2.10 bits per heavy atom. The molecule has 1 aromatic heterocycles. The van der Waals surface area contributed by atoms with E-state index in [0.717, 1.165) is 23.2 Å². The molecular weight excluding hydrogens is 312 g/mol. The van der Waals surface area contributed by atoms with Gasteiger partial charge >= 0.3 is 0 Å². The molecule has 112 valence electrons. The second-order valence-corrected chi connectivity index (χ2v) is 7.19. The van der Waals surface area contributed by atoms with Gasteiger partial charge in [0.05, 0.1) is 12.7 Å². The normalized spacial score (nSPS) is 11.2. The van der Waals surface area contributed by atoms with Crippen LogP contribution in [0.4, 0.5) is 5.13 Å². The summed E-state index contributed by atoms with van der Waals surface area (Å²) in [6, 6.07) is 5.21. The van der Waals surface area contributed by atoms with E-state index in [4.69, 9.17) is 4.74 Å². The maximum Gasteiger partial charge on any atom is 0.261 e. The predicted octanol–water partition coefficient (Wildman–Crippen LogP) is 2.12. The number of aromatic nitrogens is 1. The molecule has 0 saturated heterocycles. The van der Waals surface area contributed by atoms with Crippen molar-refractivity contribution >= 4 is 32.2 Å². The minimum absolute atomic E-state index is 0.0565. The molecule has 0 aliphatic rings. The van der Waals surface area contributed by atoms with E-state index in [9.17, 15) is 13.2 Å². The zero-order valence-electron chi connectivity index (χ0n) is 11.7. The molecule has 1 N–H and O–H groups in total. The molecule has 0 bridgehead atoms. The quantitative estimate of drug-likeness (QED) is 0.930. The summed E-state index contributed by atoms with van der Waals surface area (Å²) in [5.41, 5.74) is 1.20. The highest BCUT2D eigenvalue weighted by Crippen LogP contribution is 2.25. The number of nitrogens with one attached hydrogen (secondary N) is 1. The van der Waals surface area contributed by atoms with E-state index in [2.05, 4.69) is 10.3 Å². The van der Waals surface area contributed by atoms with Crippen LogP contribution in [0.5, 0.6) is 5.75 Å². The van der Waals surface area contributed by atoms with Crippen LogP contribution in [0.2, 0.25) is 0 Å². The zero-order valence-corrected chi connectivity index (χ0v) is 13.3. The highest BCUT2D eigenvalue weighted by atomic mass is 32.2. The fraction of sp³-hybridized carbons (Fsp3) is 0.231. The number of thiazole rings is 1. The first kappa shape index (κ1) is 15.5. The summed E-state index contributed by atoms with van der Waals surface area (Å²) in [6.07, 6.45) is 1.07. The average molecular weight is 326 g/mol. The molecule has 21 heavy (non-hydrogen) atoms. The van der Waals surface area contributed by atoms with Gasteiger partial charge in [0.2, 0.25) is 0 Å². The van der Waals surface area contributed by atoms with Crippen LogP contribution < -0.4 is 10.1 Å². The first-order valence-corrected chi connectivity index (χ1v) is 8.70. The van der Waals surface area contributed by atoms with Gasteiger partial charge < -0.3 is 4.74 Å². The molecule has 0 atom stereocenters. The van der Waals surface area contributed by atoms with Crippen LogP contribution in [-0.4, -0.2) is 32.7 Å². The van der Waals surface area contributed by atoms with Crippen LogP contribution >= 0.6 is 11.3 Å². The van der Waals surface area contributed by atoms with Crippen molar-refractivity contribution in [2.75, 3.05) is 18.7 Å². The number of para-hydroxylation sites is 1. The van der Waals surface area contributed by atoms with Crippen LogP contribution in [0.25, 0.3) is 0 Å². The summed E-state index contributed by atoms with van der Waals surface area (Å²) >= 11 is 1.05. The number of sulfone groups is 1. The minimum atomic E-state index is -3.38. The number of benzene rings is 1. The van der Waals surface area contributed by atoms with Crippen LogP contribution in [-0.2, 0) is 9.84 Å². The van der Waals surface area contributed by atoms with E-state index >= 15 is 0 Å². The number of ether oxygens (including phenoxy) is 1. The molecule has 2 rings (SSSR count). The van der Waals surface area contributed by atoms with Gasteiger partial charge in [-0.2, -0.15) is 0 Å². The molecule has 6 nitrogen and oxygen atoms in total. The van der Waals surface area contributed by atoms with Gasteiger partial charge in [0.25, 0.3) is 5.91 Å². The van der Waals surface area contributed by atoms with E-state index in [1.165, 1.54) is 12.5 Å². The van der Waals surface area contributed by atoms with Gasteiger partial charge in [-0.1, -0.05) is 12.1 Å². The van der Waals surface area contributed by atoms with E-state index in [-0.39, 0.29) is 10.2 Å². The Morgan fingerprint density at radius 1 is 1.38 bits per heavy atom. The summed E-state index contributed by atoms with van der Waals surface area (Å²) in [4.78, 5) is 16.1. The number of aryl methyl sites for hydroxylation is 1. The summed E-state index contributed by atoms with van der Waals surface area (Å²) in [5.74, 6) is 0.0832. The largest absolute Gasteiger partial charge is 0.496 e. The Balaban J connectivity index is 2.27. The van der Waals surface area contributed by atoms with Gasteiger partial charge in [-0.15, -0.1) is 11.3 Å². The van der Waals surface area contributed by atoms with E-state index in [1.54, 1.807) is 12.1 Å². The Kier molecular flexibility index (Phi) is 4.29. The van der Waals surface area contributed by atoms with Crippen molar-refractivity contribution in [2.24, 2.45) is 0 Å². The summed E-state index contributed by atoms with van der Waals surface area (Å²) in [5, 5.41) is 4.13. The molecule has 0 fully saturated rings. The van der Waals surface area contributed by atoms with Crippen molar-refractivity contribution in [1.29, 1.82) is 0 Å². The monoisotopic (exact) mass is 326 g/mol. The van der Waals surface area contributed by atoms with Gasteiger partial charge in [0.15, 0.2) is 20.0 Å². The number of nitrogens with zero attached hydrogens (tertiary/aromatic N) is 1. The molecule has 0 saturated carbocycles. The fourth-order valence-electron chi connectivity index (χ4n) is 1.75. The number of hydrogen-bond acceptors (Lipinski definition) is 6. The fourth-order valence-corrected chi connectivity index (χ4v) is 3.48. The van der Waals surface area contributed by atoms with E-state index in [0.29, 0.717) is 11.3 Å². The van der Waals surface area contributed by atoms with Gasteiger partial charge in [0.1, 0.15) is 5.75 Å². The predicted molar refractivity (Wildman–Crippen MR) is 80.9 cm³/mol. The zero-order chi connectivity index (χ0) is 15.6. The third kappa shape index (κ3) is 3.40. The average Bonchev–Trinajstić information content (AvgIpc) is 2.86. The lowest BCUT2D eigenvalue weighted by atomic mass is 10.1. The molecule has 0 spiro atoms. The minimum Gasteiger partial charge on any atom is -0.496 e. The molecule has 1 amide bonds. The molecule has 0 aliphatic heterocycles. The van der Waals surface area contributed by atoms with Crippen LogP contribution in [0.15, 0.2) is 28.6 Å². The van der Waals surface area contributed by atoms with Crippen molar-refractivity contribution in [3.8, 4) is 5.75 Å². The highest BCUT2D eigenvalue weighted by Gasteiger charge is 2.17. The molecule has 8 heteroatoms. The smallest absolute Gasteiger partial charge is 0.261 e. The Labute approximate surface area is 126 Å². The maximum atomic E-state index is 12.2. The first-order chi connectivity index (χ1) is 9.82. The van der Waals surface area contributed by atoms with Crippen molar-refractivity contribution in [2.45, 2.75) is 11.9 Å². The summed E-state index contributed by atoms with van der Waals surface area (Å²) in [6.45, 7) is 1.83. The lowest BCUT2D eigenvalue weighted by Gasteiger charge is -2.10. The molecule has 1 aromatic carbocycles. The molecule has 0 aliphatic carbocycles. The van der Waals surface area contributed by atoms with Gasteiger partial charge in [-0.25, -0.2) is 13.4 Å². The van der Waals surface area contributed by atoms with Gasteiger partial charge in [-0.05, 0) is 18.6 Å². The number of carbonyl (C=O) groups is 1. The van der Waals surface area contributed by atoms with Crippen LogP contribution in [0.1, 0.15) is 15.9 Å². The lowest BCUT2D eigenvalue weighted by molar-refractivity contribution is 0.102. The van der Waals surface area contributed by atoms with Crippen LogP contribution in [0, 0.1) is 6.92 Å². The van der Waals surface area contributed by atoms with Crippen molar-refractivity contribution in [3.63, 3.8) is 0 Å². The second kappa shape index (κ2) is 5.82. The number of methoxy groups -OCH3 is 1. The summed E-state index contributed by atoms with van der Waals surface area (Å²) in [7, 11) is -1.89. The Hall–Kier alpha value is -1.93. The third-order valence-corrected chi connectivity index (χ3v) is 4.62. The molecule has 1 heterocycles. The lowest BCUT2D eigenvalue weighted by Crippen LogP contribution is -2.13. The standard InChI is InChI=1S/C13H14N2O4S2/c1-8-5-4-6-9(11(8)19-2)12(16)15-13-14-10(7-20-13)21(3,17)18/h4-7H,1-3H3,(H,14,15,16). The Morgan fingerprint density at radius 3 is 2.67 bits per heavy atom. The maximum absolute atomic E-state index is 12.2. The van der Waals surface area contributed by atoms with Gasteiger partial charge in [0, 0.05) is 11.6 Å². The number of amides is 1. The number of rotatable bonds is 4. The topological polar surface area (TPSA) is 85.4 Å². The van der Waals surface area contributed by atoms with E-state index < -0.39 is 15.7 Å². The van der Waals surface area contributed by atoms with Crippen molar-refractivity contribution in [1.82, 2.24) is 4.98 Å². The highest BCUT2D eigenvalue weighted by molar-refractivity contribution is 7.90. The number of carbonyl (C=O) groups excluding carboxylic acids is 1. The molecule has 0 unspecified atom stereocenters. The number of anilines is 1. The van der Waals surface area contributed by atoms with E-state index in [1.807, 2.05) is 13.0 Å². The summed E-state index contributed by atoms with van der Waals surface area (Å²) < 4.78 is 27.9. The molecular formula is C13H14N2O4S2. The Bertz CT molecular complexity index is 781. The van der Waals surface area contributed by atoms with Gasteiger partial charge in [-0.3, -0.25) is 10.1 Å². The van der Waals surface area contributed by atoms with Crippen LogP contribution in [0.3, 0.4) is 0 Å². The second-order valence-electron chi connectivity index (χ2n) is 4.37. The first-order valence-electron chi connectivity index (χ1n) is 5.93. The van der Waals surface area contributed by atoms with Crippen molar-refractivity contribution in [3.05, 3.63) is 34.7 Å². The third-order valence-electron chi connectivity index (χ3n) is 2.74. The molecule has 2 aromatic rings.